The van der Waals surface area contributed by atoms with E-state index in [-0.39, 0.29) is 22.0 Å². The number of carboxylic acids is 1. The van der Waals surface area contributed by atoms with E-state index in [1.807, 2.05) is 30.3 Å². The molecular weight excluding hydrogens is 511 g/mol. The number of amides is 1. The Bertz CT molecular complexity index is 1220. The van der Waals surface area contributed by atoms with E-state index < -0.39 is 17.9 Å². The molecule has 0 saturated carbocycles. The zero-order chi connectivity index (χ0) is 26.4. The third-order valence-corrected chi connectivity index (χ3v) is 7.49. The molecule has 1 aliphatic rings. The molecule has 1 amide bonds. The van der Waals surface area contributed by atoms with Gasteiger partial charge in [0.1, 0.15) is 11.8 Å². The fraction of sp³-hybridized carbons (Fsp3) is 0.310. The number of benzene rings is 3. The van der Waals surface area contributed by atoms with Crippen molar-refractivity contribution in [2.45, 2.75) is 37.8 Å². The van der Waals surface area contributed by atoms with Gasteiger partial charge >= 0.3 is 5.97 Å². The van der Waals surface area contributed by atoms with Crippen molar-refractivity contribution in [2.75, 3.05) is 20.2 Å². The van der Waals surface area contributed by atoms with Crippen LogP contribution in [0.4, 0.5) is 0 Å². The quantitative estimate of drug-likeness (QED) is 0.358. The maximum Gasteiger partial charge on any atom is 0.326 e. The number of hydrogen-bond acceptors (Lipinski definition) is 4. The molecule has 0 unspecified atom stereocenters. The number of halogens is 2. The van der Waals surface area contributed by atoms with E-state index in [9.17, 15) is 14.7 Å². The second-order valence-corrected chi connectivity index (χ2v) is 10.1. The number of carbonyl (C=O) groups excluding carboxylic acids is 1. The van der Waals surface area contributed by atoms with Crippen molar-refractivity contribution >= 4 is 35.1 Å². The number of methoxy groups -OCH3 is 1. The number of aliphatic carboxylic acids is 1. The van der Waals surface area contributed by atoms with Gasteiger partial charge in [-0.3, -0.25) is 9.69 Å². The van der Waals surface area contributed by atoms with E-state index in [2.05, 4.69) is 28.4 Å². The number of rotatable bonds is 9. The monoisotopic (exact) mass is 540 g/mol. The summed E-state index contributed by atoms with van der Waals surface area (Å²) >= 11 is 12.2. The van der Waals surface area contributed by atoms with Crippen molar-refractivity contribution in [3.63, 3.8) is 0 Å². The Balaban J connectivity index is 1.34. The standard InChI is InChI=1S/C29H30Cl2N2O4/c1-37-26-8-3-2-5-22(26)18-33-15-13-21(14-16-33)20-11-9-19(10-12-20)17-25(29(35)36)32-28(34)27-23(30)6-4-7-24(27)31/h2-12,21,25H,13-18H2,1H3,(H,32,34)(H,35,36)/t25-/m0/s1. The predicted octanol–water partition coefficient (Wildman–Crippen LogP) is 5.81. The fourth-order valence-electron chi connectivity index (χ4n) is 4.81. The molecule has 0 aromatic heterocycles. The van der Waals surface area contributed by atoms with Crippen molar-refractivity contribution in [1.82, 2.24) is 10.2 Å². The minimum absolute atomic E-state index is 0.0736. The van der Waals surface area contributed by atoms with E-state index in [0.29, 0.717) is 5.92 Å². The highest BCUT2D eigenvalue weighted by molar-refractivity contribution is 6.39. The van der Waals surface area contributed by atoms with Gasteiger partial charge in [-0.05, 0) is 61.2 Å². The minimum Gasteiger partial charge on any atom is -0.496 e. The van der Waals surface area contributed by atoms with Crippen LogP contribution in [0, 0.1) is 0 Å². The Morgan fingerprint density at radius 1 is 1.00 bits per heavy atom. The van der Waals surface area contributed by atoms with Gasteiger partial charge in [0.15, 0.2) is 0 Å². The van der Waals surface area contributed by atoms with E-state index in [1.165, 1.54) is 11.1 Å². The zero-order valence-electron chi connectivity index (χ0n) is 20.6. The SMILES string of the molecule is COc1ccccc1CN1CCC(c2ccc(C[C@H](NC(=O)c3c(Cl)cccc3Cl)C(=O)O)cc2)CC1. The lowest BCUT2D eigenvalue weighted by molar-refractivity contribution is -0.139. The lowest BCUT2D eigenvalue weighted by Gasteiger charge is -2.32. The molecule has 4 rings (SSSR count). The number of carbonyl (C=O) groups is 2. The molecule has 1 saturated heterocycles. The maximum absolute atomic E-state index is 12.7. The molecule has 0 radical (unpaired) electrons. The van der Waals surface area contributed by atoms with Crippen LogP contribution in [0.15, 0.2) is 66.7 Å². The Labute approximate surface area is 227 Å². The van der Waals surface area contributed by atoms with Crippen LogP contribution in [0.5, 0.6) is 5.75 Å². The maximum atomic E-state index is 12.7. The van der Waals surface area contributed by atoms with Gasteiger partial charge < -0.3 is 15.2 Å². The van der Waals surface area contributed by atoms with E-state index in [0.717, 1.165) is 43.8 Å². The first kappa shape index (κ1) is 27.0. The number of nitrogens with one attached hydrogen (secondary N) is 1. The van der Waals surface area contributed by atoms with Crippen molar-refractivity contribution in [1.29, 1.82) is 0 Å². The highest BCUT2D eigenvalue weighted by atomic mass is 35.5. The first-order valence-corrected chi connectivity index (χ1v) is 13.0. The topological polar surface area (TPSA) is 78.9 Å². The number of hydrogen-bond donors (Lipinski definition) is 2. The van der Waals surface area contributed by atoms with Crippen LogP contribution >= 0.6 is 23.2 Å². The van der Waals surface area contributed by atoms with Gasteiger partial charge in [-0.25, -0.2) is 4.79 Å². The normalized spacial score (nSPS) is 15.2. The van der Waals surface area contributed by atoms with E-state index in [4.69, 9.17) is 27.9 Å². The Morgan fingerprint density at radius 3 is 2.27 bits per heavy atom. The Hall–Kier alpha value is -3.06. The minimum atomic E-state index is -1.12. The number of nitrogens with zero attached hydrogens (tertiary/aromatic N) is 1. The van der Waals surface area contributed by atoms with Gasteiger partial charge in [0.05, 0.1) is 22.7 Å². The molecule has 37 heavy (non-hydrogen) atoms. The average Bonchev–Trinajstić information content (AvgIpc) is 2.89. The number of ether oxygens (including phenoxy) is 1. The Kier molecular flexibility index (Phi) is 9.09. The summed E-state index contributed by atoms with van der Waals surface area (Å²) in [5, 5.41) is 12.6. The van der Waals surface area contributed by atoms with Crippen LogP contribution in [0.3, 0.4) is 0 Å². The van der Waals surface area contributed by atoms with Crippen LogP contribution in [0.1, 0.15) is 45.8 Å². The second-order valence-electron chi connectivity index (χ2n) is 9.27. The molecule has 3 aromatic carbocycles. The van der Waals surface area contributed by atoms with Gasteiger partial charge in [-0.1, -0.05) is 71.7 Å². The van der Waals surface area contributed by atoms with Crippen LogP contribution in [-0.4, -0.2) is 48.1 Å². The molecule has 0 aliphatic carbocycles. The van der Waals surface area contributed by atoms with Gasteiger partial charge in [0.25, 0.3) is 5.91 Å². The van der Waals surface area contributed by atoms with Crippen molar-refractivity contribution in [3.8, 4) is 5.75 Å². The third kappa shape index (κ3) is 6.83. The van der Waals surface area contributed by atoms with Gasteiger partial charge in [0.2, 0.25) is 0 Å². The van der Waals surface area contributed by atoms with E-state index in [1.54, 1.807) is 25.3 Å². The van der Waals surface area contributed by atoms with Crippen molar-refractivity contribution in [3.05, 3.63) is 99.0 Å². The summed E-state index contributed by atoms with van der Waals surface area (Å²) < 4.78 is 5.49. The summed E-state index contributed by atoms with van der Waals surface area (Å²) in [4.78, 5) is 27.0. The summed E-state index contributed by atoms with van der Waals surface area (Å²) in [7, 11) is 1.70. The molecule has 3 aromatic rings. The third-order valence-electron chi connectivity index (χ3n) is 6.86. The van der Waals surface area contributed by atoms with E-state index >= 15 is 0 Å². The molecule has 1 heterocycles. The van der Waals surface area contributed by atoms with Gasteiger partial charge in [0, 0.05) is 18.5 Å². The highest BCUT2D eigenvalue weighted by Crippen LogP contribution is 2.30. The van der Waals surface area contributed by atoms with Crippen LogP contribution in [0.2, 0.25) is 10.0 Å². The lowest BCUT2D eigenvalue weighted by atomic mass is 9.88. The summed E-state index contributed by atoms with van der Waals surface area (Å²) in [6.45, 7) is 2.88. The first-order chi connectivity index (χ1) is 17.9. The summed E-state index contributed by atoms with van der Waals surface area (Å²) in [6.07, 6.45) is 2.27. The van der Waals surface area contributed by atoms with Crippen LogP contribution in [-0.2, 0) is 17.8 Å². The van der Waals surface area contributed by atoms with Gasteiger partial charge in [-0.2, -0.15) is 0 Å². The number of piperidine rings is 1. The molecule has 2 N–H and O–H groups in total. The molecule has 0 bridgehead atoms. The summed E-state index contributed by atoms with van der Waals surface area (Å²) in [5.74, 6) is -0.353. The number of para-hydroxylation sites is 1. The fourth-order valence-corrected chi connectivity index (χ4v) is 5.37. The largest absolute Gasteiger partial charge is 0.496 e. The number of carboxylic acid groups (broad SMARTS) is 1. The highest BCUT2D eigenvalue weighted by Gasteiger charge is 2.25. The predicted molar refractivity (Wildman–Crippen MR) is 146 cm³/mol. The molecule has 1 fully saturated rings. The summed E-state index contributed by atoms with van der Waals surface area (Å²) in [5.41, 5.74) is 3.35. The molecule has 194 valence electrons. The Morgan fingerprint density at radius 2 is 1.65 bits per heavy atom. The molecule has 0 spiro atoms. The van der Waals surface area contributed by atoms with Gasteiger partial charge in [-0.15, -0.1) is 0 Å². The zero-order valence-corrected chi connectivity index (χ0v) is 22.1. The number of likely N-dealkylation sites (tertiary alicyclic amines) is 1. The molecule has 1 aliphatic heterocycles. The average molecular weight is 541 g/mol. The van der Waals surface area contributed by atoms with Crippen LogP contribution in [0.25, 0.3) is 0 Å². The molecule has 1 atom stereocenters. The molecule has 8 heteroatoms. The molecule has 6 nitrogen and oxygen atoms in total. The first-order valence-electron chi connectivity index (χ1n) is 12.3. The molecular formula is C29H30Cl2N2O4. The van der Waals surface area contributed by atoms with Crippen molar-refractivity contribution < 1.29 is 19.4 Å². The van der Waals surface area contributed by atoms with Crippen molar-refractivity contribution in [2.24, 2.45) is 0 Å². The lowest BCUT2D eigenvalue weighted by Crippen LogP contribution is -2.42. The second kappa shape index (κ2) is 12.5. The smallest absolute Gasteiger partial charge is 0.326 e. The van der Waals surface area contributed by atoms with Crippen LogP contribution < -0.4 is 10.1 Å². The summed E-state index contributed by atoms with van der Waals surface area (Å²) in [6, 6.07) is 19.8.